The van der Waals surface area contributed by atoms with Gasteiger partial charge in [-0.2, -0.15) is 0 Å². The zero-order valence-corrected chi connectivity index (χ0v) is 14.8. The molecule has 2 rings (SSSR count). The monoisotopic (exact) mass is 308 g/mol. The summed E-state index contributed by atoms with van der Waals surface area (Å²) in [5.41, 5.74) is 2.76. The van der Waals surface area contributed by atoms with E-state index in [-0.39, 0.29) is 5.54 Å². The summed E-state index contributed by atoms with van der Waals surface area (Å²) in [4.78, 5) is 2.53. The van der Waals surface area contributed by atoms with E-state index in [1.807, 2.05) is 6.07 Å². The van der Waals surface area contributed by atoms with Crippen molar-refractivity contribution in [1.29, 1.82) is 0 Å². The van der Waals surface area contributed by atoms with Gasteiger partial charge in [-0.25, -0.2) is 0 Å². The van der Waals surface area contributed by atoms with Gasteiger partial charge in [0.25, 0.3) is 0 Å². The summed E-state index contributed by atoms with van der Waals surface area (Å²) in [5.74, 6) is 1.57. The Labute approximate surface area is 134 Å². The largest absolute Gasteiger partial charge is 0.371 e. The Kier molecular flexibility index (Phi) is 5.21. The number of rotatable bonds is 3. The first kappa shape index (κ1) is 16.6. The summed E-state index contributed by atoms with van der Waals surface area (Å²) in [7, 11) is 0. The summed E-state index contributed by atoms with van der Waals surface area (Å²) < 4.78 is 0. The Balaban J connectivity index is 2.18. The summed E-state index contributed by atoms with van der Waals surface area (Å²) in [6.45, 7) is 14.5. The standard InChI is InChI=1S/C18H29ClN2/c1-13-8-9-21(12-14(13)2)17-7-6-16(19)10-15(17)11-20-18(3,4)5/h6-7,10,13-14,20H,8-9,11-12H2,1-5H3. The predicted octanol–water partition coefficient (Wildman–Crippen LogP) is 4.71. The van der Waals surface area contributed by atoms with Gasteiger partial charge in [0.2, 0.25) is 0 Å². The second-order valence-electron chi connectivity index (χ2n) is 7.57. The molecule has 1 N–H and O–H groups in total. The van der Waals surface area contributed by atoms with Crippen LogP contribution in [0.4, 0.5) is 5.69 Å². The van der Waals surface area contributed by atoms with Crippen LogP contribution in [0.1, 0.15) is 46.6 Å². The first-order chi connectivity index (χ1) is 9.76. The van der Waals surface area contributed by atoms with Gasteiger partial charge in [0.15, 0.2) is 0 Å². The first-order valence-electron chi connectivity index (χ1n) is 8.04. The van der Waals surface area contributed by atoms with Gasteiger partial charge in [-0.1, -0.05) is 25.4 Å². The number of hydrogen-bond donors (Lipinski definition) is 1. The molecule has 2 atom stereocenters. The van der Waals surface area contributed by atoms with Crippen LogP contribution in [-0.2, 0) is 6.54 Å². The lowest BCUT2D eigenvalue weighted by atomic mass is 9.88. The topological polar surface area (TPSA) is 15.3 Å². The highest BCUT2D eigenvalue weighted by atomic mass is 35.5. The van der Waals surface area contributed by atoms with Crippen LogP contribution in [0.15, 0.2) is 18.2 Å². The molecule has 0 saturated carbocycles. The van der Waals surface area contributed by atoms with Crippen molar-refractivity contribution >= 4 is 17.3 Å². The second kappa shape index (κ2) is 6.58. The minimum absolute atomic E-state index is 0.114. The number of nitrogens with zero attached hydrogens (tertiary/aromatic N) is 1. The van der Waals surface area contributed by atoms with Crippen LogP contribution in [0.2, 0.25) is 5.02 Å². The number of halogens is 1. The normalized spacial score (nSPS) is 23.4. The fourth-order valence-electron chi connectivity index (χ4n) is 2.85. The van der Waals surface area contributed by atoms with Gasteiger partial charge < -0.3 is 10.2 Å². The first-order valence-corrected chi connectivity index (χ1v) is 8.42. The van der Waals surface area contributed by atoms with Crippen LogP contribution < -0.4 is 10.2 Å². The molecule has 3 heteroatoms. The fourth-order valence-corrected chi connectivity index (χ4v) is 3.04. The highest BCUT2D eigenvalue weighted by Crippen LogP contribution is 2.31. The Morgan fingerprint density at radius 1 is 1.24 bits per heavy atom. The molecule has 0 spiro atoms. The molecule has 21 heavy (non-hydrogen) atoms. The van der Waals surface area contributed by atoms with Gasteiger partial charge >= 0.3 is 0 Å². The van der Waals surface area contributed by atoms with Crippen LogP contribution in [0.25, 0.3) is 0 Å². The molecule has 0 aromatic heterocycles. The Morgan fingerprint density at radius 3 is 2.57 bits per heavy atom. The van der Waals surface area contributed by atoms with Gasteiger partial charge in [0.1, 0.15) is 0 Å². The molecular formula is C18H29ClN2. The number of hydrogen-bond acceptors (Lipinski definition) is 2. The van der Waals surface area contributed by atoms with E-state index in [0.717, 1.165) is 36.5 Å². The van der Waals surface area contributed by atoms with Crippen LogP contribution in [-0.4, -0.2) is 18.6 Å². The van der Waals surface area contributed by atoms with E-state index in [1.165, 1.54) is 17.7 Å². The number of benzene rings is 1. The maximum atomic E-state index is 6.21. The summed E-state index contributed by atoms with van der Waals surface area (Å²) in [6, 6.07) is 6.31. The van der Waals surface area contributed by atoms with E-state index in [9.17, 15) is 0 Å². The molecule has 1 saturated heterocycles. The Morgan fingerprint density at radius 2 is 1.95 bits per heavy atom. The highest BCUT2D eigenvalue weighted by Gasteiger charge is 2.24. The molecule has 2 unspecified atom stereocenters. The highest BCUT2D eigenvalue weighted by molar-refractivity contribution is 6.30. The van der Waals surface area contributed by atoms with Gasteiger partial charge in [-0.3, -0.25) is 0 Å². The molecule has 0 amide bonds. The van der Waals surface area contributed by atoms with Crippen molar-refractivity contribution in [3.63, 3.8) is 0 Å². The molecule has 1 aromatic carbocycles. The third-order valence-electron chi connectivity index (χ3n) is 4.53. The molecule has 1 aromatic rings. The zero-order chi connectivity index (χ0) is 15.6. The Hall–Kier alpha value is -0.730. The van der Waals surface area contributed by atoms with Crippen molar-refractivity contribution in [3.05, 3.63) is 28.8 Å². The van der Waals surface area contributed by atoms with E-state index in [2.05, 4.69) is 57.0 Å². The van der Waals surface area contributed by atoms with Gasteiger partial charge in [0, 0.05) is 35.9 Å². The van der Waals surface area contributed by atoms with Crippen molar-refractivity contribution in [3.8, 4) is 0 Å². The molecule has 0 bridgehead atoms. The quantitative estimate of drug-likeness (QED) is 0.870. The predicted molar refractivity (Wildman–Crippen MR) is 93.2 cm³/mol. The fraction of sp³-hybridized carbons (Fsp3) is 0.667. The molecule has 1 aliphatic heterocycles. The maximum absolute atomic E-state index is 6.21. The van der Waals surface area contributed by atoms with Crippen LogP contribution in [0.3, 0.4) is 0 Å². The van der Waals surface area contributed by atoms with Gasteiger partial charge in [0.05, 0.1) is 0 Å². The molecule has 0 radical (unpaired) electrons. The molecular weight excluding hydrogens is 280 g/mol. The van der Waals surface area contributed by atoms with Crippen molar-refractivity contribution in [1.82, 2.24) is 5.32 Å². The smallest absolute Gasteiger partial charge is 0.0412 e. The number of piperidine rings is 1. The SMILES string of the molecule is CC1CCN(c2ccc(Cl)cc2CNC(C)(C)C)CC1C. The number of anilines is 1. The van der Waals surface area contributed by atoms with Crippen LogP contribution in [0, 0.1) is 11.8 Å². The van der Waals surface area contributed by atoms with Crippen LogP contribution in [0.5, 0.6) is 0 Å². The summed E-state index contributed by atoms with van der Waals surface area (Å²) >= 11 is 6.21. The van der Waals surface area contributed by atoms with Gasteiger partial charge in [-0.15, -0.1) is 0 Å². The summed E-state index contributed by atoms with van der Waals surface area (Å²) in [5, 5.41) is 4.40. The Bertz CT molecular complexity index is 479. The van der Waals surface area contributed by atoms with Crippen LogP contribution >= 0.6 is 11.6 Å². The van der Waals surface area contributed by atoms with Gasteiger partial charge in [-0.05, 0) is 62.8 Å². The molecule has 0 aliphatic carbocycles. The van der Waals surface area contributed by atoms with E-state index >= 15 is 0 Å². The molecule has 1 fully saturated rings. The lowest BCUT2D eigenvalue weighted by Crippen LogP contribution is -2.40. The third kappa shape index (κ3) is 4.62. The third-order valence-corrected chi connectivity index (χ3v) is 4.76. The van der Waals surface area contributed by atoms with E-state index in [0.29, 0.717) is 0 Å². The average molecular weight is 309 g/mol. The van der Waals surface area contributed by atoms with E-state index < -0.39 is 0 Å². The summed E-state index contributed by atoms with van der Waals surface area (Å²) in [6.07, 6.45) is 1.27. The number of nitrogens with one attached hydrogen (secondary N) is 1. The minimum atomic E-state index is 0.114. The zero-order valence-electron chi connectivity index (χ0n) is 14.0. The molecule has 1 aliphatic rings. The van der Waals surface area contributed by atoms with Crippen molar-refractivity contribution < 1.29 is 0 Å². The van der Waals surface area contributed by atoms with Crippen molar-refractivity contribution in [2.24, 2.45) is 11.8 Å². The second-order valence-corrected chi connectivity index (χ2v) is 8.00. The van der Waals surface area contributed by atoms with Crippen molar-refractivity contribution in [2.75, 3.05) is 18.0 Å². The molecule has 2 nitrogen and oxygen atoms in total. The molecule has 118 valence electrons. The maximum Gasteiger partial charge on any atom is 0.0412 e. The molecule has 1 heterocycles. The lowest BCUT2D eigenvalue weighted by Gasteiger charge is -2.38. The van der Waals surface area contributed by atoms with E-state index in [4.69, 9.17) is 11.6 Å². The average Bonchev–Trinajstić information content (AvgIpc) is 2.39. The lowest BCUT2D eigenvalue weighted by molar-refractivity contribution is 0.323. The minimum Gasteiger partial charge on any atom is -0.371 e. The van der Waals surface area contributed by atoms with Crippen molar-refractivity contribution in [2.45, 2.75) is 53.1 Å². The van der Waals surface area contributed by atoms with E-state index in [1.54, 1.807) is 0 Å².